The average molecular weight is 389 g/mol. The lowest BCUT2D eigenvalue weighted by molar-refractivity contribution is -0.118. The van der Waals surface area contributed by atoms with Crippen molar-refractivity contribution in [2.45, 2.75) is 18.1 Å². The molecule has 1 unspecified atom stereocenters. The predicted octanol–water partition coefficient (Wildman–Crippen LogP) is 0.897. The Labute approximate surface area is 161 Å². The van der Waals surface area contributed by atoms with E-state index in [1.54, 1.807) is 11.2 Å². The lowest BCUT2D eigenvalue weighted by atomic mass is 10.2. The van der Waals surface area contributed by atoms with E-state index >= 15 is 0 Å². The van der Waals surface area contributed by atoms with E-state index in [2.05, 4.69) is 10.4 Å². The number of ether oxygens (including phenoxy) is 2. The summed E-state index contributed by atoms with van der Waals surface area (Å²) in [6.45, 7) is 1.65. The monoisotopic (exact) mass is 389 g/mol. The summed E-state index contributed by atoms with van der Waals surface area (Å²) in [6, 6.07) is 7.56. The van der Waals surface area contributed by atoms with E-state index in [0.717, 1.165) is 11.4 Å². The van der Waals surface area contributed by atoms with Crippen LogP contribution in [0.3, 0.4) is 0 Å². The number of hydrazone groups is 1. The number of carbonyl (C=O) groups excluding carboxylic acids is 2. The Morgan fingerprint density at radius 3 is 2.74 bits per heavy atom. The molecule has 2 aliphatic heterocycles. The number of benzene rings is 1. The standard InChI is InChI=1S/C17H19N5O4S/c1-25-15(27)19-14-8-17(14)9-22(16(24)26-17)13-4-2-12(3-5-13)20-6-7-21(11-23)18-10-20/h2-5,10-11,14H,6-9H2,1H3,(H,19,27)/t14?,17-/m1/s1. The number of anilines is 2. The van der Waals surface area contributed by atoms with Crippen LogP contribution in [-0.2, 0) is 14.3 Å². The van der Waals surface area contributed by atoms with Gasteiger partial charge in [0.15, 0.2) is 5.60 Å². The van der Waals surface area contributed by atoms with Gasteiger partial charge in [-0.2, -0.15) is 5.10 Å². The zero-order chi connectivity index (χ0) is 19.0. The molecule has 4 rings (SSSR count). The van der Waals surface area contributed by atoms with Gasteiger partial charge in [-0.15, -0.1) is 0 Å². The van der Waals surface area contributed by atoms with E-state index in [9.17, 15) is 9.59 Å². The Bertz CT molecular complexity index is 801. The number of hydrogen-bond donors (Lipinski definition) is 1. The number of nitrogens with zero attached hydrogens (tertiary/aromatic N) is 4. The number of hydrogen-bond acceptors (Lipinski definition) is 7. The molecule has 3 aliphatic rings. The number of rotatable bonds is 4. The van der Waals surface area contributed by atoms with E-state index in [1.807, 2.05) is 29.2 Å². The second-order valence-electron chi connectivity index (χ2n) is 6.62. The van der Waals surface area contributed by atoms with Crippen molar-refractivity contribution in [3.8, 4) is 0 Å². The summed E-state index contributed by atoms with van der Waals surface area (Å²) in [6.07, 6.45) is 2.65. The lowest BCUT2D eigenvalue weighted by Gasteiger charge is -2.26. The van der Waals surface area contributed by atoms with Gasteiger partial charge in [-0.25, -0.2) is 9.80 Å². The zero-order valence-electron chi connectivity index (χ0n) is 14.7. The molecule has 0 aromatic heterocycles. The molecule has 1 saturated heterocycles. The first-order valence-electron chi connectivity index (χ1n) is 8.52. The predicted molar refractivity (Wildman–Crippen MR) is 103 cm³/mol. The Morgan fingerprint density at radius 1 is 1.37 bits per heavy atom. The number of nitrogens with one attached hydrogen (secondary N) is 1. The molecule has 1 spiro atoms. The molecular formula is C17H19N5O4S. The van der Waals surface area contributed by atoms with Crippen molar-refractivity contribution in [3.05, 3.63) is 24.3 Å². The minimum absolute atomic E-state index is 0.0245. The van der Waals surface area contributed by atoms with Gasteiger partial charge < -0.3 is 19.7 Å². The molecule has 1 saturated carbocycles. The summed E-state index contributed by atoms with van der Waals surface area (Å²) in [5.41, 5.74) is 1.16. The minimum atomic E-state index is -0.545. The second kappa shape index (κ2) is 6.69. The maximum absolute atomic E-state index is 12.3. The van der Waals surface area contributed by atoms with Gasteiger partial charge in [-0.05, 0) is 36.5 Å². The molecular weight excluding hydrogens is 370 g/mol. The minimum Gasteiger partial charge on any atom is -0.474 e. The first-order valence-corrected chi connectivity index (χ1v) is 8.93. The van der Waals surface area contributed by atoms with E-state index < -0.39 is 5.60 Å². The van der Waals surface area contributed by atoms with E-state index in [1.165, 1.54) is 12.1 Å². The Balaban J connectivity index is 1.42. The van der Waals surface area contributed by atoms with Crippen LogP contribution in [0.2, 0.25) is 0 Å². The third-order valence-corrected chi connectivity index (χ3v) is 5.25. The van der Waals surface area contributed by atoms with E-state index in [4.69, 9.17) is 21.7 Å². The van der Waals surface area contributed by atoms with E-state index in [0.29, 0.717) is 37.6 Å². The molecule has 1 aromatic carbocycles. The number of carbonyl (C=O) groups is 2. The summed E-state index contributed by atoms with van der Waals surface area (Å²) in [4.78, 5) is 26.6. The molecule has 1 aliphatic carbocycles. The van der Waals surface area contributed by atoms with E-state index in [-0.39, 0.29) is 12.1 Å². The SMILES string of the molecule is COC(=S)NC1C[C@@]12CN(c1ccc(N3C=NN(C=O)CC3)cc1)C(=O)O2. The van der Waals surface area contributed by atoms with Crippen LogP contribution in [0.1, 0.15) is 6.42 Å². The van der Waals surface area contributed by atoms with Crippen molar-refractivity contribution in [1.82, 2.24) is 10.3 Å². The lowest BCUT2D eigenvalue weighted by Crippen LogP contribution is -2.37. The zero-order valence-corrected chi connectivity index (χ0v) is 15.5. The van der Waals surface area contributed by atoms with Crippen molar-refractivity contribution in [1.29, 1.82) is 0 Å². The maximum atomic E-state index is 12.3. The molecule has 2 fully saturated rings. The quantitative estimate of drug-likeness (QED) is 0.605. The molecule has 10 heteroatoms. The number of methoxy groups -OCH3 is 1. The molecule has 27 heavy (non-hydrogen) atoms. The Hall–Kier alpha value is -2.88. The third kappa shape index (κ3) is 3.27. The normalized spacial score (nSPS) is 26.2. The highest BCUT2D eigenvalue weighted by Crippen LogP contribution is 2.46. The molecule has 9 nitrogen and oxygen atoms in total. The molecule has 2 amide bonds. The smallest absolute Gasteiger partial charge is 0.415 e. The molecule has 1 N–H and O–H groups in total. The van der Waals surface area contributed by atoms with Gasteiger partial charge in [0, 0.05) is 24.3 Å². The van der Waals surface area contributed by atoms with Crippen molar-refractivity contribution in [2.24, 2.45) is 5.10 Å². The van der Waals surface area contributed by atoms with Crippen molar-refractivity contribution in [3.63, 3.8) is 0 Å². The summed E-state index contributed by atoms with van der Waals surface area (Å²) >= 11 is 5.01. The summed E-state index contributed by atoms with van der Waals surface area (Å²) in [5, 5.41) is 8.73. The molecule has 2 heterocycles. The van der Waals surface area contributed by atoms with Crippen LogP contribution in [0.4, 0.5) is 16.2 Å². The topological polar surface area (TPSA) is 86.7 Å². The molecule has 1 aromatic rings. The largest absolute Gasteiger partial charge is 0.474 e. The van der Waals surface area contributed by atoms with Gasteiger partial charge in [-0.1, -0.05) is 0 Å². The fraction of sp³-hybridized carbons (Fsp3) is 0.412. The fourth-order valence-electron chi connectivity index (χ4n) is 3.30. The van der Waals surface area contributed by atoms with Crippen LogP contribution in [0.5, 0.6) is 0 Å². The Morgan fingerprint density at radius 2 is 2.11 bits per heavy atom. The van der Waals surface area contributed by atoms with Gasteiger partial charge >= 0.3 is 6.09 Å². The first-order chi connectivity index (χ1) is 13.0. The molecule has 2 atom stereocenters. The van der Waals surface area contributed by atoms with Crippen LogP contribution in [0.25, 0.3) is 0 Å². The molecule has 0 radical (unpaired) electrons. The highest BCUT2D eigenvalue weighted by molar-refractivity contribution is 7.80. The van der Waals surface area contributed by atoms with Gasteiger partial charge in [-0.3, -0.25) is 9.69 Å². The van der Waals surface area contributed by atoms with Crippen molar-refractivity contribution in [2.75, 3.05) is 36.5 Å². The third-order valence-electron chi connectivity index (χ3n) is 4.96. The first kappa shape index (κ1) is 17.5. The Kier molecular flexibility index (Phi) is 4.34. The van der Waals surface area contributed by atoms with Crippen LogP contribution < -0.4 is 15.1 Å². The van der Waals surface area contributed by atoms with Crippen LogP contribution in [0, 0.1) is 0 Å². The summed E-state index contributed by atoms with van der Waals surface area (Å²) in [5.74, 6) is 0. The van der Waals surface area contributed by atoms with Crippen LogP contribution in [0.15, 0.2) is 29.4 Å². The summed E-state index contributed by atoms with van der Waals surface area (Å²) in [7, 11) is 1.50. The summed E-state index contributed by atoms with van der Waals surface area (Å²) < 4.78 is 10.6. The van der Waals surface area contributed by atoms with Gasteiger partial charge in [0.25, 0.3) is 5.17 Å². The highest BCUT2D eigenvalue weighted by atomic mass is 32.1. The molecule has 0 bridgehead atoms. The number of thiocarbonyl (C=S) groups is 1. The van der Waals surface area contributed by atoms with Crippen LogP contribution in [-0.4, -0.2) is 67.4 Å². The van der Waals surface area contributed by atoms with Crippen molar-refractivity contribution >= 4 is 47.6 Å². The van der Waals surface area contributed by atoms with Gasteiger partial charge in [0.1, 0.15) is 6.34 Å². The van der Waals surface area contributed by atoms with Gasteiger partial charge in [0.05, 0.1) is 26.2 Å². The van der Waals surface area contributed by atoms with Gasteiger partial charge in [0.2, 0.25) is 6.41 Å². The van der Waals surface area contributed by atoms with Crippen LogP contribution >= 0.6 is 12.2 Å². The maximum Gasteiger partial charge on any atom is 0.415 e. The molecule has 142 valence electrons. The highest BCUT2D eigenvalue weighted by Gasteiger charge is 2.64. The fourth-order valence-corrected chi connectivity index (χ4v) is 3.44. The number of amides is 2. The van der Waals surface area contributed by atoms with Crippen molar-refractivity contribution < 1.29 is 19.1 Å². The second-order valence-corrected chi connectivity index (χ2v) is 6.99. The average Bonchev–Trinajstić information content (AvgIpc) is 3.24.